The SMILES string of the molecule is CC(=O)N[C@H](CC(C)C)c1nc(Cc2ccn(-c3c(F)cccc3F)n2)no1. The molecule has 0 unspecified atom stereocenters. The van der Waals surface area contributed by atoms with Crippen LogP contribution in [0, 0.1) is 17.6 Å². The number of nitrogens with one attached hydrogen (secondary N) is 1. The molecule has 2 heterocycles. The van der Waals surface area contributed by atoms with E-state index in [1.54, 1.807) is 6.07 Å². The Labute approximate surface area is 160 Å². The maximum absolute atomic E-state index is 13.9. The smallest absolute Gasteiger partial charge is 0.249 e. The lowest BCUT2D eigenvalue weighted by Gasteiger charge is -2.15. The van der Waals surface area contributed by atoms with Gasteiger partial charge in [0.1, 0.15) is 11.7 Å². The largest absolute Gasteiger partial charge is 0.345 e. The fraction of sp³-hybridized carbons (Fsp3) is 0.368. The van der Waals surface area contributed by atoms with Gasteiger partial charge >= 0.3 is 0 Å². The number of nitrogens with zero attached hydrogens (tertiary/aromatic N) is 4. The van der Waals surface area contributed by atoms with Crippen molar-refractivity contribution in [2.75, 3.05) is 0 Å². The number of aromatic nitrogens is 4. The summed E-state index contributed by atoms with van der Waals surface area (Å²) in [6.07, 6.45) is 2.35. The van der Waals surface area contributed by atoms with Crippen LogP contribution in [0.4, 0.5) is 8.78 Å². The minimum atomic E-state index is -0.705. The van der Waals surface area contributed by atoms with Gasteiger partial charge in [-0.25, -0.2) is 13.5 Å². The van der Waals surface area contributed by atoms with Gasteiger partial charge in [0, 0.05) is 13.1 Å². The lowest BCUT2D eigenvalue weighted by atomic mass is 10.0. The summed E-state index contributed by atoms with van der Waals surface area (Å²) in [6, 6.07) is 4.89. The van der Waals surface area contributed by atoms with E-state index in [0.29, 0.717) is 29.7 Å². The molecule has 148 valence electrons. The van der Waals surface area contributed by atoms with Gasteiger partial charge in [0.15, 0.2) is 17.5 Å². The first-order valence-corrected chi connectivity index (χ1v) is 8.92. The van der Waals surface area contributed by atoms with Gasteiger partial charge in [0.25, 0.3) is 0 Å². The Hall–Kier alpha value is -3.10. The summed E-state index contributed by atoms with van der Waals surface area (Å²) in [5, 5.41) is 10.9. The molecule has 0 aliphatic carbocycles. The molecule has 7 nitrogen and oxygen atoms in total. The minimum Gasteiger partial charge on any atom is -0.345 e. The summed E-state index contributed by atoms with van der Waals surface area (Å²) >= 11 is 0. The van der Waals surface area contributed by atoms with Crippen molar-refractivity contribution in [3.05, 3.63) is 59.5 Å². The molecule has 0 aliphatic heterocycles. The van der Waals surface area contributed by atoms with Gasteiger partial charge in [-0.15, -0.1) is 0 Å². The topological polar surface area (TPSA) is 85.8 Å². The zero-order valence-electron chi connectivity index (χ0n) is 15.8. The van der Waals surface area contributed by atoms with E-state index in [9.17, 15) is 13.6 Å². The number of benzene rings is 1. The van der Waals surface area contributed by atoms with Crippen LogP contribution < -0.4 is 5.32 Å². The van der Waals surface area contributed by atoms with E-state index in [-0.39, 0.29) is 24.1 Å². The highest BCUT2D eigenvalue weighted by Gasteiger charge is 2.22. The Kier molecular flexibility index (Phi) is 5.81. The van der Waals surface area contributed by atoms with Crippen molar-refractivity contribution in [3.8, 4) is 5.69 Å². The number of hydrogen-bond acceptors (Lipinski definition) is 5. The van der Waals surface area contributed by atoms with Crippen molar-refractivity contribution < 1.29 is 18.1 Å². The zero-order chi connectivity index (χ0) is 20.3. The Bertz CT molecular complexity index is 947. The van der Waals surface area contributed by atoms with Crippen molar-refractivity contribution in [2.24, 2.45) is 5.92 Å². The predicted octanol–water partition coefficient (Wildman–Crippen LogP) is 3.35. The van der Waals surface area contributed by atoms with Crippen LogP contribution in [0.2, 0.25) is 0 Å². The third-order valence-corrected chi connectivity index (χ3v) is 4.02. The monoisotopic (exact) mass is 389 g/mol. The highest BCUT2D eigenvalue weighted by atomic mass is 19.1. The summed E-state index contributed by atoms with van der Waals surface area (Å²) in [5.41, 5.74) is 0.278. The molecule has 0 spiro atoms. The number of carbonyl (C=O) groups excluding carboxylic acids is 1. The third-order valence-electron chi connectivity index (χ3n) is 4.02. The highest BCUT2D eigenvalue weighted by molar-refractivity contribution is 5.73. The van der Waals surface area contributed by atoms with Gasteiger partial charge in [-0.1, -0.05) is 25.1 Å². The second-order valence-electron chi connectivity index (χ2n) is 6.93. The van der Waals surface area contributed by atoms with Crippen LogP contribution in [0.25, 0.3) is 5.69 Å². The second kappa shape index (κ2) is 8.28. The second-order valence-corrected chi connectivity index (χ2v) is 6.93. The summed E-state index contributed by atoms with van der Waals surface area (Å²) in [7, 11) is 0. The zero-order valence-corrected chi connectivity index (χ0v) is 15.8. The molecule has 0 aliphatic rings. The number of hydrogen-bond donors (Lipinski definition) is 1. The summed E-state index contributed by atoms with van der Waals surface area (Å²) < 4.78 is 34.2. The van der Waals surface area contributed by atoms with E-state index >= 15 is 0 Å². The van der Waals surface area contributed by atoms with Crippen molar-refractivity contribution >= 4 is 5.91 Å². The molecule has 3 rings (SSSR count). The van der Waals surface area contributed by atoms with E-state index in [1.807, 2.05) is 13.8 Å². The van der Waals surface area contributed by atoms with Gasteiger partial charge in [0.05, 0.1) is 12.1 Å². The average Bonchev–Trinajstić information content (AvgIpc) is 3.24. The molecule has 1 N–H and O–H groups in total. The maximum atomic E-state index is 13.9. The first kappa shape index (κ1) is 19.7. The molecule has 1 atom stereocenters. The van der Waals surface area contributed by atoms with E-state index in [2.05, 4.69) is 20.6 Å². The lowest BCUT2D eigenvalue weighted by molar-refractivity contribution is -0.120. The number of amides is 1. The number of halogens is 2. The molecule has 9 heteroatoms. The summed E-state index contributed by atoms with van der Waals surface area (Å²) in [5.74, 6) is -0.590. The Morgan fingerprint density at radius 1 is 1.25 bits per heavy atom. The molecule has 1 aromatic carbocycles. The molecular weight excluding hydrogens is 368 g/mol. The minimum absolute atomic E-state index is 0.184. The molecular formula is C19H21F2N5O2. The van der Waals surface area contributed by atoms with Crippen molar-refractivity contribution in [2.45, 2.75) is 39.7 Å². The van der Waals surface area contributed by atoms with Crippen LogP contribution in [-0.4, -0.2) is 25.8 Å². The Morgan fingerprint density at radius 3 is 2.61 bits per heavy atom. The number of rotatable bonds is 7. The standard InChI is InChI=1S/C19H21F2N5O2/c1-11(2)9-16(22-12(3)27)19-23-17(25-28-19)10-13-7-8-26(24-13)18-14(20)5-4-6-15(18)21/h4-8,11,16H,9-10H2,1-3H3,(H,22,27)/t16-/m1/s1. The molecule has 3 aromatic rings. The van der Waals surface area contributed by atoms with Crippen LogP contribution in [-0.2, 0) is 11.2 Å². The molecule has 1 amide bonds. The molecule has 2 aromatic heterocycles. The highest BCUT2D eigenvalue weighted by Crippen LogP contribution is 2.21. The average molecular weight is 389 g/mol. The van der Waals surface area contributed by atoms with Gasteiger partial charge in [-0.3, -0.25) is 4.79 Å². The quantitative estimate of drug-likeness (QED) is 0.670. The van der Waals surface area contributed by atoms with E-state index in [1.165, 1.54) is 31.3 Å². The van der Waals surface area contributed by atoms with Gasteiger partial charge in [-0.05, 0) is 30.5 Å². The molecule has 0 bridgehead atoms. The Balaban J connectivity index is 1.77. The van der Waals surface area contributed by atoms with Crippen LogP contribution in [0.15, 0.2) is 35.0 Å². The Morgan fingerprint density at radius 2 is 1.96 bits per heavy atom. The molecule has 0 saturated carbocycles. The number of carbonyl (C=O) groups is 1. The van der Waals surface area contributed by atoms with Crippen molar-refractivity contribution in [1.29, 1.82) is 0 Å². The van der Waals surface area contributed by atoms with E-state index < -0.39 is 11.6 Å². The first-order valence-electron chi connectivity index (χ1n) is 8.92. The molecule has 0 fully saturated rings. The molecule has 0 saturated heterocycles. The van der Waals surface area contributed by atoms with Gasteiger partial charge in [-0.2, -0.15) is 10.1 Å². The summed E-state index contributed by atoms with van der Waals surface area (Å²) in [6.45, 7) is 5.49. The fourth-order valence-electron chi connectivity index (χ4n) is 2.87. The normalized spacial score (nSPS) is 12.4. The fourth-order valence-corrected chi connectivity index (χ4v) is 2.87. The van der Waals surface area contributed by atoms with Crippen LogP contribution in [0.5, 0.6) is 0 Å². The molecule has 28 heavy (non-hydrogen) atoms. The predicted molar refractivity (Wildman–Crippen MR) is 96.6 cm³/mol. The number of para-hydroxylation sites is 1. The van der Waals surface area contributed by atoms with Crippen molar-refractivity contribution in [3.63, 3.8) is 0 Å². The third kappa shape index (κ3) is 4.59. The molecule has 0 radical (unpaired) electrons. The van der Waals surface area contributed by atoms with Crippen molar-refractivity contribution in [1.82, 2.24) is 25.2 Å². The lowest BCUT2D eigenvalue weighted by Crippen LogP contribution is -2.27. The van der Waals surface area contributed by atoms with Crippen LogP contribution in [0.3, 0.4) is 0 Å². The van der Waals surface area contributed by atoms with Crippen LogP contribution >= 0.6 is 0 Å². The summed E-state index contributed by atoms with van der Waals surface area (Å²) in [4.78, 5) is 15.8. The first-order chi connectivity index (χ1) is 13.3. The van der Waals surface area contributed by atoms with Gasteiger partial charge < -0.3 is 9.84 Å². The van der Waals surface area contributed by atoms with E-state index in [0.717, 1.165) is 4.68 Å². The van der Waals surface area contributed by atoms with Crippen LogP contribution in [0.1, 0.15) is 50.6 Å². The van der Waals surface area contributed by atoms with Gasteiger partial charge in [0.2, 0.25) is 11.8 Å². The maximum Gasteiger partial charge on any atom is 0.249 e. The van der Waals surface area contributed by atoms with E-state index in [4.69, 9.17) is 4.52 Å².